The number of hydrogen-bond acceptors (Lipinski definition) is 14. The SMILES string of the molecule is CC[C@]1(O)C[C@H]2CN(CCc3c([nH]c4ccccc34)[C@@](C(=O)OC)(c3cc4c(cc3OC)N(C)[C@H]3[C@@](O)(C(N)=O)[C@H](O)[C@]5(CC)C=CCN6CC[C@]43[C@@H]65)C2)C1.O=C(O)[C@@H](O)[C@H](O)C(=O)O. The minimum absolute atomic E-state index is 0.0790. The molecule has 65 heavy (non-hydrogen) atoms. The molecule has 1 amide bonds. The van der Waals surface area contributed by atoms with Gasteiger partial charge in [-0.15, -0.1) is 0 Å². The van der Waals surface area contributed by atoms with Crippen LogP contribution in [0, 0.1) is 11.3 Å². The molecule has 18 nitrogen and oxygen atoms in total. The third kappa shape index (κ3) is 6.53. The molecule has 6 heterocycles. The number of nitrogens with zero attached hydrogens (tertiary/aromatic N) is 3. The minimum atomic E-state index is -2.30. The number of aliphatic hydroxyl groups is 5. The molecule has 1 saturated carbocycles. The van der Waals surface area contributed by atoms with Gasteiger partial charge < -0.3 is 60.8 Å². The lowest BCUT2D eigenvalue weighted by Gasteiger charge is -2.63. The molecule has 2 saturated heterocycles. The number of nitrogens with two attached hydrogens (primary N) is 1. The van der Waals surface area contributed by atoms with E-state index in [0.29, 0.717) is 69.5 Å². The van der Waals surface area contributed by atoms with E-state index in [2.05, 4.69) is 26.9 Å². The van der Waals surface area contributed by atoms with Crippen LogP contribution in [0.3, 0.4) is 0 Å². The summed E-state index contributed by atoms with van der Waals surface area (Å²) in [5, 5.41) is 70.5. The first-order valence-corrected chi connectivity index (χ1v) is 22.3. The number of hydrogen-bond donors (Lipinski definition) is 9. The molecule has 3 aromatic rings. The molecule has 352 valence electrons. The number of aromatic amines is 1. The highest BCUT2D eigenvalue weighted by molar-refractivity contribution is 5.95. The topological polar surface area (TPSA) is 280 Å². The first kappa shape index (κ1) is 46.4. The molecule has 18 heteroatoms. The van der Waals surface area contributed by atoms with Gasteiger partial charge in [0, 0.05) is 84.0 Å². The van der Waals surface area contributed by atoms with Crippen LogP contribution in [0.25, 0.3) is 10.9 Å². The second kappa shape index (κ2) is 16.4. The number of ether oxygens (including phenoxy) is 2. The third-order valence-corrected chi connectivity index (χ3v) is 16.0. The monoisotopic (exact) mass is 903 g/mol. The Labute approximate surface area is 376 Å². The predicted molar refractivity (Wildman–Crippen MR) is 235 cm³/mol. The van der Waals surface area contributed by atoms with E-state index in [4.69, 9.17) is 35.6 Å². The van der Waals surface area contributed by atoms with Crippen molar-refractivity contribution in [2.45, 2.75) is 105 Å². The highest BCUT2D eigenvalue weighted by Gasteiger charge is 2.78. The highest BCUT2D eigenvalue weighted by atomic mass is 16.5. The number of nitrogens with one attached hydrogen (secondary N) is 1. The molecule has 1 aliphatic carbocycles. The van der Waals surface area contributed by atoms with Crippen LogP contribution in [0.1, 0.15) is 68.3 Å². The van der Waals surface area contributed by atoms with Crippen molar-refractivity contribution in [3.05, 3.63) is 70.9 Å². The number of aromatic nitrogens is 1. The Morgan fingerprint density at radius 1 is 0.954 bits per heavy atom. The fraction of sp³-hybridized carbons (Fsp3) is 0.574. The molecule has 2 bridgehead atoms. The summed E-state index contributed by atoms with van der Waals surface area (Å²) in [6, 6.07) is 11.0. The lowest BCUT2D eigenvalue weighted by atomic mass is 9.47. The Bertz CT molecular complexity index is 2420. The van der Waals surface area contributed by atoms with Crippen LogP contribution in [0.4, 0.5) is 5.69 Å². The predicted octanol–water partition coefficient (Wildman–Crippen LogP) is 0.610. The van der Waals surface area contributed by atoms with Gasteiger partial charge >= 0.3 is 17.9 Å². The normalized spacial score (nSPS) is 35.4. The van der Waals surface area contributed by atoms with Crippen molar-refractivity contribution in [1.82, 2.24) is 14.8 Å². The van der Waals surface area contributed by atoms with E-state index in [0.717, 1.165) is 46.5 Å². The first-order valence-electron chi connectivity index (χ1n) is 22.3. The number of para-hydroxylation sites is 1. The lowest BCUT2D eigenvalue weighted by Crippen LogP contribution is -2.81. The van der Waals surface area contributed by atoms with E-state index < -0.39 is 75.6 Å². The fourth-order valence-electron chi connectivity index (χ4n) is 13.3. The lowest BCUT2D eigenvalue weighted by molar-refractivity contribution is -0.201. The summed E-state index contributed by atoms with van der Waals surface area (Å²) in [7, 11) is 4.89. The number of aliphatic hydroxyl groups excluding tert-OH is 3. The first-order chi connectivity index (χ1) is 30.8. The number of H-pyrrole nitrogens is 1. The van der Waals surface area contributed by atoms with E-state index in [-0.39, 0.29) is 12.0 Å². The van der Waals surface area contributed by atoms with Gasteiger partial charge in [0.15, 0.2) is 17.8 Å². The number of carboxylic acid groups (broad SMARTS) is 2. The van der Waals surface area contributed by atoms with Gasteiger partial charge in [-0.3, -0.25) is 19.4 Å². The average molecular weight is 904 g/mol. The maximum absolute atomic E-state index is 15.2. The molecular formula is C47H61N5O13. The number of aliphatic carboxylic acids is 2. The molecule has 1 spiro atoms. The van der Waals surface area contributed by atoms with E-state index >= 15 is 4.79 Å². The summed E-state index contributed by atoms with van der Waals surface area (Å²) in [4.78, 5) is 58.8. The summed E-state index contributed by atoms with van der Waals surface area (Å²) in [6.07, 6.45) is 1.25. The Kier molecular flexibility index (Phi) is 11.7. The van der Waals surface area contributed by atoms with Gasteiger partial charge in [0.1, 0.15) is 17.3 Å². The van der Waals surface area contributed by atoms with Crippen LogP contribution in [0.2, 0.25) is 0 Å². The van der Waals surface area contributed by atoms with Crippen LogP contribution >= 0.6 is 0 Å². The van der Waals surface area contributed by atoms with Gasteiger partial charge in [-0.2, -0.15) is 0 Å². The van der Waals surface area contributed by atoms with E-state index in [9.17, 15) is 29.7 Å². The number of carbonyl (C=O) groups excluding carboxylic acids is 2. The van der Waals surface area contributed by atoms with E-state index in [1.165, 1.54) is 7.11 Å². The van der Waals surface area contributed by atoms with Gasteiger partial charge in [-0.1, -0.05) is 44.2 Å². The van der Waals surface area contributed by atoms with Crippen LogP contribution < -0.4 is 15.4 Å². The number of methoxy groups -OCH3 is 2. The number of anilines is 1. The summed E-state index contributed by atoms with van der Waals surface area (Å²) in [5.41, 5.74) is 4.72. The van der Waals surface area contributed by atoms with Gasteiger partial charge in [0.05, 0.1) is 25.9 Å². The van der Waals surface area contributed by atoms with Gasteiger partial charge in [0.2, 0.25) is 0 Å². The quantitative estimate of drug-likeness (QED) is 0.105. The molecule has 1 unspecified atom stereocenters. The number of benzene rings is 2. The second-order valence-electron chi connectivity index (χ2n) is 19.1. The molecule has 0 radical (unpaired) electrons. The highest BCUT2D eigenvalue weighted by Crippen LogP contribution is 2.67. The molecule has 2 aromatic carbocycles. The average Bonchev–Trinajstić information content (AvgIpc) is 3.95. The van der Waals surface area contributed by atoms with Crippen LogP contribution in [-0.4, -0.2) is 170 Å². The molecule has 9 rings (SSSR count). The Morgan fingerprint density at radius 2 is 1.65 bits per heavy atom. The smallest absolute Gasteiger partial charge is 0.335 e. The number of fused-ring (bicyclic) bond motifs is 6. The zero-order valence-corrected chi connectivity index (χ0v) is 37.4. The third-order valence-electron chi connectivity index (χ3n) is 16.0. The largest absolute Gasteiger partial charge is 0.496 e. The number of amides is 1. The maximum atomic E-state index is 15.2. The van der Waals surface area contributed by atoms with E-state index in [1.54, 1.807) is 7.11 Å². The van der Waals surface area contributed by atoms with Crippen molar-refractivity contribution >= 4 is 40.4 Å². The van der Waals surface area contributed by atoms with Crippen LogP contribution in [0.15, 0.2) is 48.6 Å². The van der Waals surface area contributed by atoms with Crippen molar-refractivity contribution in [2.24, 2.45) is 17.1 Å². The van der Waals surface area contributed by atoms with Crippen LogP contribution in [-0.2, 0) is 41.2 Å². The summed E-state index contributed by atoms with van der Waals surface area (Å²) in [5.74, 6) is -4.54. The zero-order valence-electron chi connectivity index (χ0n) is 37.4. The number of carboxylic acids is 2. The fourth-order valence-corrected chi connectivity index (χ4v) is 13.3. The summed E-state index contributed by atoms with van der Waals surface area (Å²) >= 11 is 0. The summed E-state index contributed by atoms with van der Waals surface area (Å²) in [6.45, 7) is 7.39. The van der Waals surface area contributed by atoms with Gasteiger partial charge in [-0.25, -0.2) is 9.59 Å². The van der Waals surface area contributed by atoms with Crippen molar-refractivity contribution in [2.75, 3.05) is 58.9 Å². The van der Waals surface area contributed by atoms with Crippen molar-refractivity contribution in [1.29, 1.82) is 0 Å². The number of likely N-dealkylation sites (N-methyl/N-ethyl adjacent to an activating group) is 1. The Morgan fingerprint density at radius 3 is 2.26 bits per heavy atom. The Hall–Kier alpha value is -5.08. The van der Waals surface area contributed by atoms with Crippen molar-refractivity contribution < 1.29 is 64.4 Å². The molecule has 10 N–H and O–H groups in total. The number of carbonyl (C=O) groups is 4. The molecule has 3 fully saturated rings. The van der Waals surface area contributed by atoms with Crippen molar-refractivity contribution in [3.63, 3.8) is 0 Å². The molecule has 1 aromatic heterocycles. The summed E-state index contributed by atoms with van der Waals surface area (Å²) < 4.78 is 12.2. The molecule has 5 aliphatic heterocycles. The Balaban J connectivity index is 0.000000517. The number of primary amides is 1. The van der Waals surface area contributed by atoms with Gasteiger partial charge in [-0.05, 0) is 74.2 Å². The maximum Gasteiger partial charge on any atom is 0.335 e. The van der Waals surface area contributed by atoms with Crippen molar-refractivity contribution in [3.8, 4) is 5.75 Å². The zero-order chi connectivity index (χ0) is 47.2. The molecular weight excluding hydrogens is 843 g/mol. The number of piperidine rings is 1. The second-order valence-corrected chi connectivity index (χ2v) is 19.1. The number of rotatable bonds is 9. The number of esters is 1. The molecule has 6 aliphatic rings. The standard InChI is InChI=1S/C43H55N5O7.C4H6O6/c1-6-39(52)21-25-22-42(38(51)55-5,33-27(13-17-47(23-25)24-39)26-11-8-9-12-30(26)45-33)29-19-28-31(20-32(29)54-4)46(3)35-41(28)15-18-48-16-10-14-40(7-2,34(41)48)36(49)43(35,53)37(44)50;5-1(3(7)8)2(6)4(9)10/h8-12,14,19-20,25,34-36,45,49,52-53H,6-7,13,15-18,21-24H2,1-5H3,(H2,44,50);1-2,5-6H,(H,7,8)(H,9,10)/t25-,34+,35-,36-,39+,40-,41-,42+,43+;1-,2-/m10/s1. The minimum Gasteiger partial charge on any atom is -0.496 e. The van der Waals surface area contributed by atoms with E-state index in [1.807, 2.05) is 62.2 Å². The molecule has 12 atom stereocenters. The van der Waals surface area contributed by atoms with Gasteiger partial charge in [0.25, 0.3) is 5.91 Å². The van der Waals surface area contributed by atoms with Crippen LogP contribution in [0.5, 0.6) is 5.75 Å².